The van der Waals surface area contributed by atoms with Crippen molar-refractivity contribution in [3.05, 3.63) is 82.4 Å². The molecule has 0 aromatic heterocycles. The molecule has 3 aromatic rings. The minimum absolute atomic E-state index is 0. The number of aromatic hydroxyl groups is 2. The van der Waals surface area contributed by atoms with Crippen molar-refractivity contribution >= 4 is 11.9 Å². The summed E-state index contributed by atoms with van der Waals surface area (Å²) in [5, 5.41) is 84.6. The quantitative estimate of drug-likeness (QED) is 0.125. The van der Waals surface area contributed by atoms with Crippen molar-refractivity contribution in [1.29, 1.82) is 0 Å². The Labute approximate surface area is 288 Å². The number of hydrogen-bond donors (Lipinski definition) is 11. The molecule has 3 aromatic carbocycles. The highest BCUT2D eigenvalue weighted by molar-refractivity contribution is 6.01. The van der Waals surface area contributed by atoms with E-state index in [-0.39, 0.29) is 40.3 Å². The number of fused-ring (bicyclic) bond motifs is 6. The molecule has 18 heteroatoms. The number of benzene rings is 3. The standard InChI is InChI=1S/C33H34N2O15.H3N/c34-23-26(41)25(40)21(10-36)48-32(23)49-28-22(11-37)47-31(45)24(27(28)42)35-29(43)12-1-4-16-15(7-12)30(44)50-33(16)17-5-2-13(38)8-19(17)46-20-9-14(39)3-6-18(20)33;/h1-9,21-28,31-32,36-42,45H,10-11,34H2,(H,35,43);1H3/t21-,22-,23-,24-,25-,26+,27?,28-,31-,32+;/m1./s1. The van der Waals surface area contributed by atoms with E-state index in [0.717, 1.165) is 0 Å². The van der Waals surface area contributed by atoms with Crippen LogP contribution in [0.3, 0.4) is 0 Å². The molecule has 7 rings (SSSR count). The van der Waals surface area contributed by atoms with Gasteiger partial charge in [0, 0.05) is 34.4 Å². The van der Waals surface area contributed by atoms with Crippen LogP contribution in [0.25, 0.3) is 0 Å². The predicted molar refractivity (Wildman–Crippen MR) is 169 cm³/mol. The smallest absolute Gasteiger partial charge is 0.340 e. The third-order valence-electron chi connectivity index (χ3n) is 9.43. The van der Waals surface area contributed by atoms with E-state index in [2.05, 4.69) is 5.32 Å². The Morgan fingerprint density at radius 1 is 0.824 bits per heavy atom. The van der Waals surface area contributed by atoms with E-state index in [0.29, 0.717) is 16.7 Å². The number of nitrogens with two attached hydrogens (primary N) is 1. The lowest BCUT2D eigenvalue weighted by atomic mass is 9.77. The third-order valence-corrected chi connectivity index (χ3v) is 9.43. The summed E-state index contributed by atoms with van der Waals surface area (Å²) < 4.78 is 28.6. The van der Waals surface area contributed by atoms with Gasteiger partial charge in [0.25, 0.3) is 5.91 Å². The molecule has 0 bridgehead atoms. The van der Waals surface area contributed by atoms with E-state index < -0.39 is 92.0 Å². The number of aliphatic hydroxyl groups is 6. The predicted octanol–water partition coefficient (Wildman–Crippen LogP) is -1.85. The van der Waals surface area contributed by atoms with Crippen molar-refractivity contribution in [2.45, 2.75) is 66.9 Å². The fourth-order valence-corrected chi connectivity index (χ4v) is 6.87. The number of phenolic OH excluding ortho intramolecular Hbond substituents is 2. The first-order chi connectivity index (χ1) is 23.9. The second-order valence-electron chi connectivity index (χ2n) is 12.4. The molecule has 18 nitrogen and oxygen atoms in total. The summed E-state index contributed by atoms with van der Waals surface area (Å²) in [6, 6.07) is 9.75. The third kappa shape index (κ3) is 5.85. The average Bonchev–Trinajstić information content (AvgIpc) is 3.38. The normalized spacial score (nSPS) is 31.7. The lowest BCUT2D eigenvalue weighted by Crippen LogP contribution is -2.68. The SMILES string of the molecule is N.N[C@H]1[C@H](O[C@H]2C(O)[C@@H](NC(=O)c3ccc4c(c3)C(=O)OC43c4ccc(O)cc4Oc4cc(O)ccc43)[C@H](O)O[C@@H]2CO)O[C@H](CO)[C@@H](O)[C@H]1O. The molecular weight excluding hydrogens is 678 g/mol. The second kappa shape index (κ2) is 13.6. The molecule has 1 amide bonds. The molecule has 10 atom stereocenters. The Morgan fingerprint density at radius 3 is 2.04 bits per heavy atom. The molecule has 14 N–H and O–H groups in total. The topological polar surface area (TPSA) is 315 Å². The van der Waals surface area contributed by atoms with E-state index in [4.69, 9.17) is 29.4 Å². The number of ether oxygens (including phenoxy) is 5. The maximum atomic E-state index is 13.6. The van der Waals surface area contributed by atoms with Crippen LogP contribution in [0, 0.1) is 0 Å². The summed E-state index contributed by atoms with van der Waals surface area (Å²) in [7, 11) is 0. The van der Waals surface area contributed by atoms with Crippen LogP contribution in [0.4, 0.5) is 0 Å². The molecule has 1 unspecified atom stereocenters. The van der Waals surface area contributed by atoms with Crippen LogP contribution in [0.15, 0.2) is 54.6 Å². The first kappa shape index (κ1) is 36.4. The van der Waals surface area contributed by atoms with E-state index >= 15 is 0 Å². The zero-order valence-electron chi connectivity index (χ0n) is 26.6. The number of aliphatic hydroxyl groups excluding tert-OH is 6. The Balaban J connectivity index is 0.00000448. The molecule has 0 aliphatic carbocycles. The molecule has 0 saturated carbocycles. The molecular formula is C33H37N3O15. The van der Waals surface area contributed by atoms with Gasteiger partial charge in [-0.15, -0.1) is 0 Å². The van der Waals surface area contributed by atoms with Crippen LogP contribution in [0.5, 0.6) is 23.0 Å². The molecule has 4 aliphatic rings. The fraction of sp³-hybridized carbons (Fsp3) is 0.394. The molecule has 2 saturated heterocycles. The Hall–Kier alpha value is -4.44. The van der Waals surface area contributed by atoms with Gasteiger partial charge in [0.15, 0.2) is 18.2 Å². The monoisotopic (exact) mass is 715 g/mol. The molecule has 0 radical (unpaired) electrons. The van der Waals surface area contributed by atoms with Gasteiger partial charge in [-0.25, -0.2) is 4.79 Å². The van der Waals surface area contributed by atoms with Crippen molar-refractivity contribution in [3.63, 3.8) is 0 Å². The number of phenols is 2. The first-order valence-corrected chi connectivity index (χ1v) is 15.6. The van der Waals surface area contributed by atoms with Crippen LogP contribution in [0.1, 0.15) is 37.4 Å². The second-order valence-corrected chi connectivity index (χ2v) is 12.4. The first-order valence-electron chi connectivity index (χ1n) is 15.6. The van der Waals surface area contributed by atoms with Crippen LogP contribution >= 0.6 is 0 Å². The molecule has 4 heterocycles. The number of carbonyl (C=O) groups excluding carboxylic acids is 2. The van der Waals surface area contributed by atoms with Crippen molar-refractivity contribution in [2.75, 3.05) is 13.2 Å². The van der Waals surface area contributed by atoms with Crippen LogP contribution in [-0.2, 0) is 24.5 Å². The highest BCUT2D eigenvalue weighted by Gasteiger charge is 2.54. The van der Waals surface area contributed by atoms with Crippen molar-refractivity contribution in [3.8, 4) is 23.0 Å². The molecule has 2 fully saturated rings. The number of carbonyl (C=O) groups is 2. The van der Waals surface area contributed by atoms with E-state index in [9.17, 15) is 50.4 Å². The van der Waals surface area contributed by atoms with Crippen molar-refractivity contribution < 1.29 is 74.1 Å². The lowest BCUT2D eigenvalue weighted by molar-refractivity contribution is -0.325. The molecule has 274 valence electrons. The summed E-state index contributed by atoms with van der Waals surface area (Å²) >= 11 is 0. The largest absolute Gasteiger partial charge is 0.508 e. The summed E-state index contributed by atoms with van der Waals surface area (Å²) in [4.78, 5) is 27.0. The highest BCUT2D eigenvalue weighted by atomic mass is 16.7. The zero-order valence-corrected chi connectivity index (χ0v) is 26.6. The van der Waals surface area contributed by atoms with Gasteiger partial charge in [-0.2, -0.15) is 0 Å². The van der Waals surface area contributed by atoms with Gasteiger partial charge in [0.05, 0.1) is 24.8 Å². The highest BCUT2D eigenvalue weighted by Crippen LogP contribution is 2.57. The molecule has 1 spiro atoms. The Morgan fingerprint density at radius 2 is 1.43 bits per heavy atom. The van der Waals surface area contributed by atoms with Crippen LogP contribution < -0.4 is 21.9 Å². The summed E-state index contributed by atoms with van der Waals surface area (Å²) in [6.45, 7) is -1.47. The van der Waals surface area contributed by atoms with Gasteiger partial charge >= 0.3 is 5.97 Å². The summed E-state index contributed by atoms with van der Waals surface area (Å²) in [5.74, 6) is -1.56. The van der Waals surface area contributed by atoms with Gasteiger partial charge in [-0.05, 0) is 36.4 Å². The zero-order chi connectivity index (χ0) is 35.6. The number of rotatable bonds is 6. The van der Waals surface area contributed by atoms with Gasteiger partial charge in [0.1, 0.15) is 65.7 Å². The van der Waals surface area contributed by atoms with Crippen molar-refractivity contribution in [1.82, 2.24) is 11.5 Å². The minimum atomic E-state index is -1.85. The minimum Gasteiger partial charge on any atom is -0.508 e. The number of hydrogen-bond acceptors (Lipinski definition) is 17. The Kier molecular flexibility index (Phi) is 9.69. The lowest BCUT2D eigenvalue weighted by Gasteiger charge is -2.46. The maximum absolute atomic E-state index is 13.6. The Bertz CT molecular complexity index is 1770. The van der Waals surface area contributed by atoms with Crippen molar-refractivity contribution in [2.24, 2.45) is 5.73 Å². The van der Waals surface area contributed by atoms with Gasteiger partial charge < -0.3 is 81.7 Å². The van der Waals surface area contributed by atoms with Gasteiger partial charge in [0.2, 0.25) is 0 Å². The van der Waals surface area contributed by atoms with Gasteiger partial charge in [-0.1, -0.05) is 6.07 Å². The maximum Gasteiger partial charge on any atom is 0.340 e. The number of amides is 1. The summed E-state index contributed by atoms with van der Waals surface area (Å²) in [5.41, 5.74) is 5.40. The summed E-state index contributed by atoms with van der Waals surface area (Å²) in [6.07, 6.45) is -12.4. The molecule has 4 aliphatic heterocycles. The van der Waals surface area contributed by atoms with E-state index in [1.807, 2.05) is 0 Å². The van der Waals surface area contributed by atoms with Crippen LogP contribution in [-0.4, -0.2) is 127 Å². The van der Waals surface area contributed by atoms with E-state index in [1.165, 1.54) is 54.6 Å². The average molecular weight is 716 g/mol. The molecule has 51 heavy (non-hydrogen) atoms. The number of nitrogens with one attached hydrogen (secondary N) is 1. The van der Waals surface area contributed by atoms with Gasteiger partial charge in [-0.3, -0.25) is 4.79 Å². The van der Waals surface area contributed by atoms with E-state index in [1.54, 1.807) is 0 Å². The van der Waals surface area contributed by atoms with Crippen LogP contribution in [0.2, 0.25) is 0 Å². The fourth-order valence-electron chi connectivity index (χ4n) is 6.87. The number of esters is 1.